The van der Waals surface area contributed by atoms with Crippen molar-refractivity contribution in [2.45, 2.75) is 27.7 Å². The zero-order chi connectivity index (χ0) is 19.9. The van der Waals surface area contributed by atoms with Crippen molar-refractivity contribution in [3.8, 4) is 5.69 Å². The molecule has 0 radical (unpaired) electrons. The molecule has 1 aromatic heterocycles. The summed E-state index contributed by atoms with van der Waals surface area (Å²) in [6.07, 6.45) is 1.59. The molecule has 0 aliphatic carbocycles. The Balaban J connectivity index is 2.00. The predicted octanol–water partition coefficient (Wildman–Crippen LogP) is 2.69. The highest BCUT2D eigenvalue weighted by Gasteiger charge is 2.35. The molecule has 1 aliphatic heterocycles. The minimum Gasteiger partial charge on any atom is -0.480 e. The number of hydrogen-bond acceptors (Lipinski definition) is 3. The summed E-state index contributed by atoms with van der Waals surface area (Å²) < 4.78 is 2.09. The van der Waals surface area contributed by atoms with Gasteiger partial charge in [0.15, 0.2) is 0 Å². The van der Waals surface area contributed by atoms with Gasteiger partial charge in [0.2, 0.25) is 0 Å². The molecule has 1 aliphatic rings. The molecule has 27 heavy (non-hydrogen) atoms. The van der Waals surface area contributed by atoms with Crippen LogP contribution in [0.25, 0.3) is 11.8 Å². The molecule has 7 heteroatoms. The molecule has 2 heterocycles. The maximum absolute atomic E-state index is 12.3. The summed E-state index contributed by atoms with van der Waals surface area (Å²) in [5, 5.41) is 11.3. The first kappa shape index (κ1) is 18.4. The Labute approximate surface area is 156 Å². The van der Waals surface area contributed by atoms with Crippen molar-refractivity contribution in [1.82, 2.24) is 14.8 Å². The molecule has 3 rings (SSSR count). The van der Waals surface area contributed by atoms with Crippen LogP contribution in [0.5, 0.6) is 0 Å². The number of nitrogens with zero attached hydrogens (tertiary/aromatic N) is 2. The summed E-state index contributed by atoms with van der Waals surface area (Å²) >= 11 is 0. The van der Waals surface area contributed by atoms with Crippen LogP contribution in [0.1, 0.15) is 28.1 Å². The van der Waals surface area contributed by atoms with Gasteiger partial charge in [-0.1, -0.05) is 17.7 Å². The number of carboxylic acid groups (broad SMARTS) is 1. The third kappa shape index (κ3) is 3.36. The third-order valence-corrected chi connectivity index (χ3v) is 4.62. The summed E-state index contributed by atoms with van der Waals surface area (Å²) in [6, 6.07) is 7.41. The minimum absolute atomic E-state index is 0.0714. The van der Waals surface area contributed by atoms with E-state index in [0.29, 0.717) is 4.90 Å². The van der Waals surface area contributed by atoms with Crippen LogP contribution in [-0.4, -0.2) is 39.0 Å². The fourth-order valence-corrected chi connectivity index (χ4v) is 3.37. The van der Waals surface area contributed by atoms with Crippen LogP contribution in [0.3, 0.4) is 0 Å². The summed E-state index contributed by atoms with van der Waals surface area (Å²) in [6.45, 7) is 7.34. The van der Waals surface area contributed by atoms with E-state index >= 15 is 0 Å². The van der Waals surface area contributed by atoms with Gasteiger partial charge < -0.3 is 15.0 Å². The van der Waals surface area contributed by atoms with Crippen molar-refractivity contribution in [3.63, 3.8) is 0 Å². The van der Waals surface area contributed by atoms with Crippen molar-refractivity contribution in [2.75, 3.05) is 6.54 Å². The lowest BCUT2D eigenvalue weighted by Crippen LogP contribution is -2.35. The highest BCUT2D eigenvalue weighted by molar-refractivity contribution is 6.15. The summed E-state index contributed by atoms with van der Waals surface area (Å²) in [7, 11) is 0. The predicted molar refractivity (Wildman–Crippen MR) is 101 cm³/mol. The molecule has 0 unspecified atom stereocenters. The fourth-order valence-electron chi connectivity index (χ4n) is 3.37. The number of aryl methyl sites for hydroxylation is 3. The molecule has 3 amide bonds. The van der Waals surface area contributed by atoms with E-state index < -0.39 is 24.5 Å². The van der Waals surface area contributed by atoms with E-state index in [2.05, 4.69) is 22.0 Å². The number of aromatic nitrogens is 1. The normalized spacial score (nSPS) is 15.6. The Morgan fingerprint density at radius 2 is 1.85 bits per heavy atom. The molecule has 0 atom stereocenters. The molecule has 0 spiro atoms. The first-order valence-electron chi connectivity index (χ1n) is 8.52. The molecule has 140 valence electrons. The average Bonchev–Trinajstić information content (AvgIpc) is 2.99. The van der Waals surface area contributed by atoms with E-state index in [-0.39, 0.29) is 5.70 Å². The molecule has 1 aromatic carbocycles. The molecular formula is C20H21N3O4. The van der Waals surface area contributed by atoms with Gasteiger partial charge in [-0.25, -0.2) is 9.69 Å². The van der Waals surface area contributed by atoms with Gasteiger partial charge in [-0.3, -0.25) is 9.59 Å². The van der Waals surface area contributed by atoms with Crippen molar-refractivity contribution in [1.29, 1.82) is 0 Å². The SMILES string of the molecule is Cc1ccc(-n2c(C)cc(/C=C3/NC(=O)N(CC(=O)O)C3=O)c2C)c(C)c1. The molecule has 2 N–H and O–H groups in total. The molecule has 2 aromatic rings. The smallest absolute Gasteiger partial charge is 0.329 e. The second-order valence-electron chi connectivity index (χ2n) is 6.73. The van der Waals surface area contributed by atoms with E-state index in [0.717, 1.165) is 28.2 Å². The topological polar surface area (TPSA) is 91.6 Å². The lowest BCUT2D eigenvalue weighted by Gasteiger charge is -2.13. The van der Waals surface area contributed by atoms with Gasteiger partial charge in [0.25, 0.3) is 5.91 Å². The standard InChI is InChI=1S/C20H21N3O4/c1-11-5-6-17(12(2)7-11)23-13(3)8-15(14(23)4)9-16-19(26)22(10-18(24)25)20(27)21-16/h5-9H,10H2,1-4H3,(H,21,27)(H,24,25)/b16-9+. The Hall–Kier alpha value is -3.35. The highest BCUT2D eigenvalue weighted by Crippen LogP contribution is 2.26. The van der Waals surface area contributed by atoms with Crippen LogP contribution in [0.4, 0.5) is 4.79 Å². The fraction of sp³-hybridized carbons (Fsp3) is 0.250. The average molecular weight is 367 g/mol. The zero-order valence-electron chi connectivity index (χ0n) is 15.7. The quantitative estimate of drug-likeness (QED) is 0.642. The van der Waals surface area contributed by atoms with Gasteiger partial charge in [-0.2, -0.15) is 0 Å². The number of carbonyl (C=O) groups excluding carboxylic acids is 2. The summed E-state index contributed by atoms with van der Waals surface area (Å²) in [5.41, 5.74) is 6.13. The number of carboxylic acids is 1. The van der Waals surface area contributed by atoms with Crippen LogP contribution in [0.2, 0.25) is 0 Å². The number of rotatable bonds is 4. The number of imide groups is 1. The third-order valence-electron chi connectivity index (χ3n) is 4.62. The van der Waals surface area contributed by atoms with Crippen molar-refractivity contribution in [2.24, 2.45) is 0 Å². The first-order chi connectivity index (χ1) is 12.7. The number of amides is 3. The van der Waals surface area contributed by atoms with E-state index in [1.807, 2.05) is 39.8 Å². The summed E-state index contributed by atoms with van der Waals surface area (Å²) in [4.78, 5) is 35.7. The van der Waals surface area contributed by atoms with E-state index in [1.165, 1.54) is 5.56 Å². The molecular weight excluding hydrogens is 346 g/mol. The Morgan fingerprint density at radius 1 is 1.15 bits per heavy atom. The van der Waals surface area contributed by atoms with Crippen LogP contribution >= 0.6 is 0 Å². The van der Waals surface area contributed by atoms with Crippen molar-refractivity contribution < 1.29 is 19.5 Å². The minimum atomic E-state index is -1.24. The van der Waals surface area contributed by atoms with Crippen LogP contribution < -0.4 is 5.32 Å². The second-order valence-corrected chi connectivity index (χ2v) is 6.73. The Kier molecular flexibility index (Phi) is 4.61. The van der Waals surface area contributed by atoms with Gasteiger partial charge in [0.1, 0.15) is 12.2 Å². The molecule has 7 nitrogen and oxygen atoms in total. The van der Waals surface area contributed by atoms with Crippen molar-refractivity contribution in [3.05, 3.63) is 58.0 Å². The van der Waals surface area contributed by atoms with Gasteiger partial charge >= 0.3 is 12.0 Å². The number of carbonyl (C=O) groups is 3. The Bertz CT molecular complexity index is 1000. The number of benzene rings is 1. The number of aliphatic carboxylic acids is 1. The number of hydrogen-bond donors (Lipinski definition) is 2. The lowest BCUT2D eigenvalue weighted by atomic mass is 10.1. The Morgan fingerprint density at radius 3 is 2.48 bits per heavy atom. The lowest BCUT2D eigenvalue weighted by molar-refractivity contribution is -0.140. The van der Waals surface area contributed by atoms with E-state index in [9.17, 15) is 14.4 Å². The zero-order valence-corrected chi connectivity index (χ0v) is 15.7. The van der Waals surface area contributed by atoms with Crippen LogP contribution in [-0.2, 0) is 9.59 Å². The molecule has 1 fully saturated rings. The molecule has 1 saturated heterocycles. The maximum atomic E-state index is 12.3. The summed E-state index contributed by atoms with van der Waals surface area (Å²) in [5.74, 6) is -1.88. The number of nitrogens with one attached hydrogen (secondary N) is 1. The molecule has 0 saturated carbocycles. The van der Waals surface area contributed by atoms with Gasteiger partial charge in [-0.15, -0.1) is 0 Å². The van der Waals surface area contributed by atoms with Crippen LogP contribution in [0, 0.1) is 27.7 Å². The van der Waals surface area contributed by atoms with Gasteiger partial charge in [0.05, 0.1) is 0 Å². The first-order valence-corrected chi connectivity index (χ1v) is 8.52. The highest BCUT2D eigenvalue weighted by atomic mass is 16.4. The van der Waals surface area contributed by atoms with E-state index in [1.54, 1.807) is 6.08 Å². The van der Waals surface area contributed by atoms with Gasteiger partial charge in [0, 0.05) is 17.1 Å². The number of urea groups is 1. The molecule has 0 bridgehead atoms. The van der Waals surface area contributed by atoms with Crippen molar-refractivity contribution >= 4 is 24.0 Å². The second kappa shape index (κ2) is 6.75. The van der Waals surface area contributed by atoms with E-state index in [4.69, 9.17) is 5.11 Å². The maximum Gasteiger partial charge on any atom is 0.329 e. The largest absolute Gasteiger partial charge is 0.480 e. The monoisotopic (exact) mass is 367 g/mol. The van der Waals surface area contributed by atoms with Gasteiger partial charge in [-0.05, 0) is 57.0 Å². The van der Waals surface area contributed by atoms with Crippen LogP contribution in [0.15, 0.2) is 30.0 Å².